The zero-order chi connectivity index (χ0) is 16.3. The average Bonchev–Trinajstić information content (AvgIpc) is 2.55. The van der Waals surface area contributed by atoms with Gasteiger partial charge in [0.05, 0.1) is 18.8 Å². The molecule has 7 heteroatoms. The number of rotatable bonds is 5. The van der Waals surface area contributed by atoms with E-state index in [1.807, 2.05) is 0 Å². The number of aliphatic hydroxyl groups excluding tert-OH is 1. The maximum atomic E-state index is 13.7. The van der Waals surface area contributed by atoms with Crippen LogP contribution >= 0.6 is 0 Å². The summed E-state index contributed by atoms with van der Waals surface area (Å²) in [7, 11) is 0. The van der Waals surface area contributed by atoms with Gasteiger partial charge in [0.25, 0.3) is 0 Å². The molecule has 118 valence electrons. The summed E-state index contributed by atoms with van der Waals surface area (Å²) >= 11 is 0. The molecule has 1 atom stereocenters. The van der Waals surface area contributed by atoms with Gasteiger partial charge in [-0.25, -0.2) is 22.0 Å². The van der Waals surface area contributed by atoms with Crippen LogP contribution in [0.3, 0.4) is 0 Å². The highest BCUT2D eigenvalue weighted by atomic mass is 19.2. The lowest BCUT2D eigenvalue weighted by Crippen LogP contribution is -2.17. The van der Waals surface area contributed by atoms with E-state index in [4.69, 9.17) is 9.84 Å². The molecule has 2 rings (SSSR count). The quantitative estimate of drug-likeness (QED) is 0.518. The molecule has 0 bridgehead atoms. The Labute approximate surface area is 122 Å². The molecule has 0 spiro atoms. The summed E-state index contributed by atoms with van der Waals surface area (Å²) < 4.78 is 71.7. The Morgan fingerprint density at radius 1 is 0.818 bits per heavy atom. The van der Waals surface area contributed by atoms with Crippen molar-refractivity contribution < 1.29 is 31.8 Å². The van der Waals surface area contributed by atoms with Gasteiger partial charge in [0.1, 0.15) is 6.10 Å². The third-order valence-electron chi connectivity index (χ3n) is 3.03. The summed E-state index contributed by atoms with van der Waals surface area (Å²) in [4.78, 5) is 0. The third kappa shape index (κ3) is 3.10. The second-order valence-electron chi connectivity index (χ2n) is 4.45. The summed E-state index contributed by atoms with van der Waals surface area (Å²) in [5.41, 5.74) is -0.570. The van der Waals surface area contributed by atoms with Crippen LogP contribution in [0.25, 0.3) is 0 Å². The minimum atomic E-state index is -2.25. The molecule has 2 aromatic rings. The fourth-order valence-electron chi connectivity index (χ4n) is 1.90. The maximum Gasteiger partial charge on any atom is 0.200 e. The maximum absolute atomic E-state index is 13.7. The van der Waals surface area contributed by atoms with Gasteiger partial charge in [-0.3, -0.25) is 0 Å². The van der Waals surface area contributed by atoms with Crippen LogP contribution in [0.2, 0.25) is 0 Å². The van der Waals surface area contributed by atoms with Crippen molar-refractivity contribution in [2.45, 2.75) is 12.7 Å². The smallest absolute Gasteiger partial charge is 0.200 e. The van der Waals surface area contributed by atoms with Gasteiger partial charge in [-0.05, 0) is 5.56 Å². The summed E-state index contributed by atoms with van der Waals surface area (Å²) in [6.07, 6.45) is -1.68. The highest BCUT2D eigenvalue weighted by Crippen LogP contribution is 2.30. The molecule has 1 unspecified atom stereocenters. The molecule has 0 fully saturated rings. The predicted molar refractivity (Wildman–Crippen MR) is 67.3 cm³/mol. The van der Waals surface area contributed by atoms with Crippen molar-refractivity contribution in [2.75, 3.05) is 6.61 Å². The Hall–Kier alpha value is -1.99. The predicted octanol–water partition coefficient (Wildman–Crippen LogP) is 3.63. The molecular weight excluding hydrogens is 307 g/mol. The zero-order valence-electron chi connectivity index (χ0n) is 11.1. The van der Waals surface area contributed by atoms with E-state index < -0.39 is 47.4 Å². The fraction of sp³-hybridized carbons (Fsp3) is 0.200. The number of aliphatic hydroxyl groups is 1. The SMILES string of the molecule is OCC(OCc1ccccc1)c1c(F)c(F)c(F)c(F)c1F. The van der Waals surface area contributed by atoms with Crippen LogP contribution in [0.15, 0.2) is 30.3 Å². The van der Waals surface area contributed by atoms with Crippen molar-refractivity contribution in [1.82, 2.24) is 0 Å². The number of hydrogen-bond acceptors (Lipinski definition) is 2. The van der Waals surface area contributed by atoms with E-state index in [0.29, 0.717) is 5.56 Å². The summed E-state index contributed by atoms with van der Waals surface area (Å²) in [6, 6.07) is 8.40. The number of halogens is 5. The lowest BCUT2D eigenvalue weighted by atomic mass is 10.1. The van der Waals surface area contributed by atoms with Crippen LogP contribution in [-0.2, 0) is 11.3 Å². The first kappa shape index (κ1) is 16.4. The molecule has 0 aliphatic rings. The minimum Gasteiger partial charge on any atom is -0.393 e. The highest BCUT2D eigenvalue weighted by molar-refractivity contribution is 5.26. The average molecular weight is 318 g/mol. The fourth-order valence-corrected chi connectivity index (χ4v) is 1.90. The molecule has 2 nitrogen and oxygen atoms in total. The molecule has 0 amide bonds. The molecule has 0 aliphatic carbocycles. The van der Waals surface area contributed by atoms with Crippen LogP contribution in [0, 0.1) is 29.1 Å². The van der Waals surface area contributed by atoms with Gasteiger partial charge in [0.15, 0.2) is 23.3 Å². The first-order valence-corrected chi connectivity index (χ1v) is 6.25. The van der Waals surface area contributed by atoms with Gasteiger partial charge < -0.3 is 9.84 Å². The van der Waals surface area contributed by atoms with Crippen molar-refractivity contribution in [1.29, 1.82) is 0 Å². The molecule has 0 heterocycles. The standard InChI is InChI=1S/C15H11F5O2/c16-11-10(12(17)14(19)15(20)13(11)18)9(6-21)22-7-8-4-2-1-3-5-8/h1-5,9,21H,6-7H2. The van der Waals surface area contributed by atoms with E-state index in [1.54, 1.807) is 30.3 Å². The Bertz CT molecular complexity index is 632. The molecule has 2 aromatic carbocycles. The summed E-state index contributed by atoms with van der Waals surface area (Å²) in [5.74, 6) is -10.4. The van der Waals surface area contributed by atoms with Crippen LogP contribution in [-0.4, -0.2) is 11.7 Å². The van der Waals surface area contributed by atoms with E-state index in [0.717, 1.165) is 0 Å². The van der Waals surface area contributed by atoms with Crippen molar-refractivity contribution in [2.24, 2.45) is 0 Å². The van der Waals surface area contributed by atoms with E-state index in [1.165, 1.54) is 0 Å². The number of hydrogen-bond donors (Lipinski definition) is 1. The molecule has 0 saturated heterocycles. The Morgan fingerprint density at radius 2 is 1.32 bits per heavy atom. The first-order chi connectivity index (χ1) is 10.5. The van der Waals surface area contributed by atoms with E-state index >= 15 is 0 Å². The summed E-state index contributed by atoms with van der Waals surface area (Å²) in [6.45, 7) is -1.10. The molecule has 0 aromatic heterocycles. The zero-order valence-corrected chi connectivity index (χ0v) is 11.1. The lowest BCUT2D eigenvalue weighted by Gasteiger charge is -2.18. The van der Waals surface area contributed by atoms with Gasteiger partial charge in [-0.1, -0.05) is 30.3 Å². The first-order valence-electron chi connectivity index (χ1n) is 6.25. The van der Waals surface area contributed by atoms with E-state index in [2.05, 4.69) is 0 Å². The lowest BCUT2D eigenvalue weighted by molar-refractivity contribution is -0.00406. The van der Waals surface area contributed by atoms with Crippen LogP contribution in [0.1, 0.15) is 17.2 Å². The number of ether oxygens (including phenoxy) is 1. The van der Waals surface area contributed by atoms with Crippen molar-refractivity contribution >= 4 is 0 Å². The molecule has 0 aliphatic heterocycles. The normalized spacial score (nSPS) is 12.5. The second kappa shape index (κ2) is 6.85. The van der Waals surface area contributed by atoms with Crippen LogP contribution in [0.5, 0.6) is 0 Å². The van der Waals surface area contributed by atoms with Crippen LogP contribution < -0.4 is 0 Å². The van der Waals surface area contributed by atoms with Gasteiger partial charge in [-0.15, -0.1) is 0 Å². The van der Waals surface area contributed by atoms with Crippen molar-refractivity contribution in [3.8, 4) is 0 Å². The van der Waals surface area contributed by atoms with Crippen LogP contribution in [0.4, 0.5) is 22.0 Å². The molecule has 0 saturated carbocycles. The number of benzene rings is 2. The summed E-state index contributed by atoms with van der Waals surface area (Å²) in [5, 5.41) is 9.16. The second-order valence-corrected chi connectivity index (χ2v) is 4.45. The van der Waals surface area contributed by atoms with E-state index in [-0.39, 0.29) is 6.61 Å². The van der Waals surface area contributed by atoms with Gasteiger partial charge in [-0.2, -0.15) is 0 Å². The molecule has 0 radical (unpaired) electrons. The van der Waals surface area contributed by atoms with Gasteiger partial charge in [0, 0.05) is 0 Å². The Balaban J connectivity index is 2.32. The van der Waals surface area contributed by atoms with Crippen molar-refractivity contribution in [3.63, 3.8) is 0 Å². The topological polar surface area (TPSA) is 29.5 Å². The molecular formula is C15H11F5O2. The highest BCUT2D eigenvalue weighted by Gasteiger charge is 2.30. The Morgan fingerprint density at radius 3 is 1.82 bits per heavy atom. The third-order valence-corrected chi connectivity index (χ3v) is 3.03. The van der Waals surface area contributed by atoms with Crippen molar-refractivity contribution in [3.05, 3.63) is 70.5 Å². The van der Waals surface area contributed by atoms with Gasteiger partial charge in [0.2, 0.25) is 5.82 Å². The molecule has 1 N–H and O–H groups in total. The Kier molecular flexibility index (Phi) is 5.10. The van der Waals surface area contributed by atoms with Gasteiger partial charge >= 0.3 is 0 Å². The largest absolute Gasteiger partial charge is 0.393 e. The monoisotopic (exact) mass is 318 g/mol. The minimum absolute atomic E-state index is 0.161. The van der Waals surface area contributed by atoms with E-state index in [9.17, 15) is 22.0 Å². The molecule has 22 heavy (non-hydrogen) atoms.